The summed E-state index contributed by atoms with van der Waals surface area (Å²) in [5.41, 5.74) is 2.41. The molecule has 2 aliphatic rings. The van der Waals surface area contributed by atoms with Gasteiger partial charge in [0.15, 0.2) is 0 Å². The van der Waals surface area contributed by atoms with Crippen LogP contribution in [0.2, 0.25) is 0 Å². The van der Waals surface area contributed by atoms with Crippen molar-refractivity contribution in [2.45, 2.75) is 57.2 Å². The Morgan fingerprint density at radius 1 is 1.43 bits per heavy atom. The molecular formula is C16H28N4O2S. The summed E-state index contributed by atoms with van der Waals surface area (Å²) >= 11 is 0. The Hall–Kier alpha value is -0.760. The maximum Gasteiger partial charge on any atom is 0.0918 e. The van der Waals surface area contributed by atoms with Crippen LogP contribution in [0.4, 0.5) is 0 Å². The zero-order valence-corrected chi connectivity index (χ0v) is 14.9. The number of rotatable bonds is 6. The molecule has 1 aromatic rings. The molecule has 1 fully saturated rings. The number of hydrogen-bond acceptors (Lipinski definition) is 4. The number of hydrogen-bond donors (Lipinski definition) is 2. The zero-order chi connectivity index (χ0) is 16.2. The highest BCUT2D eigenvalue weighted by Gasteiger charge is 2.32. The van der Waals surface area contributed by atoms with Gasteiger partial charge in [0.2, 0.25) is 0 Å². The molecule has 1 saturated heterocycles. The number of aromatic nitrogens is 2. The van der Waals surface area contributed by atoms with Crippen LogP contribution in [0.15, 0.2) is 6.07 Å². The molecule has 3 rings (SSSR count). The number of fused-ring (bicyclic) bond motifs is 1. The lowest BCUT2D eigenvalue weighted by atomic mass is 9.98. The van der Waals surface area contributed by atoms with Gasteiger partial charge in [-0.3, -0.25) is 4.68 Å². The molecule has 0 radical (unpaired) electrons. The Bertz CT molecular complexity index is 542. The molecule has 23 heavy (non-hydrogen) atoms. The Labute approximate surface area is 140 Å². The van der Waals surface area contributed by atoms with Gasteiger partial charge in [-0.1, -0.05) is 6.92 Å². The van der Waals surface area contributed by atoms with Gasteiger partial charge in [-0.2, -0.15) is 5.10 Å². The molecule has 3 heterocycles. The van der Waals surface area contributed by atoms with E-state index in [2.05, 4.69) is 27.7 Å². The Morgan fingerprint density at radius 2 is 2.22 bits per heavy atom. The minimum absolute atomic E-state index is 0.123. The molecule has 3 unspecified atom stereocenters. The van der Waals surface area contributed by atoms with E-state index in [4.69, 9.17) is 9.84 Å². The summed E-state index contributed by atoms with van der Waals surface area (Å²) < 4.78 is 23.2. The van der Waals surface area contributed by atoms with Crippen LogP contribution in [-0.4, -0.2) is 52.1 Å². The largest absolute Gasteiger partial charge is 0.376 e. The Balaban J connectivity index is 1.73. The number of piperidine rings is 1. The lowest BCUT2D eigenvalue weighted by molar-refractivity contribution is 0.00312. The molecule has 2 aliphatic heterocycles. The van der Waals surface area contributed by atoms with Crippen LogP contribution >= 0.6 is 0 Å². The van der Waals surface area contributed by atoms with Crippen LogP contribution in [0, 0.1) is 0 Å². The van der Waals surface area contributed by atoms with Gasteiger partial charge in [-0.15, -0.1) is 0 Å². The van der Waals surface area contributed by atoms with Crippen molar-refractivity contribution in [3.63, 3.8) is 0 Å². The normalized spacial score (nSPS) is 26.9. The summed E-state index contributed by atoms with van der Waals surface area (Å²) in [5, 5.41) is 8.12. The van der Waals surface area contributed by atoms with E-state index in [1.807, 2.05) is 0 Å². The molecule has 0 saturated carbocycles. The van der Waals surface area contributed by atoms with Crippen molar-refractivity contribution in [1.29, 1.82) is 0 Å². The highest BCUT2D eigenvalue weighted by Crippen LogP contribution is 2.27. The molecule has 7 heteroatoms. The molecule has 0 bridgehead atoms. The molecule has 0 aromatic carbocycles. The molecule has 130 valence electrons. The second-order valence-electron chi connectivity index (χ2n) is 6.49. The molecular weight excluding hydrogens is 312 g/mol. The Morgan fingerprint density at radius 3 is 2.91 bits per heavy atom. The van der Waals surface area contributed by atoms with Gasteiger partial charge in [0.25, 0.3) is 0 Å². The van der Waals surface area contributed by atoms with Crippen LogP contribution in [0.3, 0.4) is 0 Å². The highest BCUT2D eigenvalue weighted by atomic mass is 32.2. The minimum Gasteiger partial charge on any atom is -0.376 e. The highest BCUT2D eigenvalue weighted by molar-refractivity contribution is 7.82. The van der Waals surface area contributed by atoms with Crippen molar-refractivity contribution in [2.75, 3.05) is 26.0 Å². The summed E-state index contributed by atoms with van der Waals surface area (Å²) in [7, 11) is -1.02. The molecule has 0 spiro atoms. The number of nitrogens with zero attached hydrogens (tertiary/aromatic N) is 2. The summed E-state index contributed by atoms with van der Waals surface area (Å²) in [6.45, 7) is 4.83. The van der Waals surface area contributed by atoms with E-state index in [9.17, 15) is 4.21 Å². The summed E-state index contributed by atoms with van der Waals surface area (Å²) in [4.78, 5) is 0. The lowest BCUT2D eigenvalue weighted by Crippen LogP contribution is -2.45. The van der Waals surface area contributed by atoms with Gasteiger partial charge in [0, 0.05) is 18.0 Å². The third-order valence-corrected chi connectivity index (χ3v) is 5.46. The predicted octanol–water partition coefficient (Wildman–Crippen LogP) is 0.953. The summed E-state index contributed by atoms with van der Waals surface area (Å²) in [5.74, 6) is 0. The van der Waals surface area contributed by atoms with Crippen molar-refractivity contribution >= 4 is 11.0 Å². The van der Waals surface area contributed by atoms with Crippen molar-refractivity contribution in [2.24, 2.45) is 0 Å². The minimum atomic E-state index is -1.02. The third-order valence-electron chi connectivity index (χ3n) is 4.82. The van der Waals surface area contributed by atoms with Crippen molar-refractivity contribution < 1.29 is 8.95 Å². The molecule has 6 nitrogen and oxygen atoms in total. The number of nitrogens with one attached hydrogen (secondary N) is 2. The van der Waals surface area contributed by atoms with Gasteiger partial charge in [0.05, 0.1) is 35.4 Å². The molecule has 3 atom stereocenters. The fourth-order valence-electron chi connectivity index (χ4n) is 3.54. The predicted molar refractivity (Wildman–Crippen MR) is 91.8 cm³/mol. The average Bonchev–Trinajstić information content (AvgIpc) is 2.97. The van der Waals surface area contributed by atoms with Crippen LogP contribution in [0.1, 0.15) is 43.6 Å². The molecule has 1 aromatic heterocycles. The van der Waals surface area contributed by atoms with E-state index in [1.165, 1.54) is 5.69 Å². The lowest BCUT2D eigenvalue weighted by Gasteiger charge is -2.34. The Kier molecular flexibility index (Phi) is 5.85. The van der Waals surface area contributed by atoms with E-state index in [1.54, 1.807) is 6.26 Å². The second kappa shape index (κ2) is 7.88. The van der Waals surface area contributed by atoms with E-state index >= 15 is 0 Å². The number of ether oxygens (including phenoxy) is 1. The van der Waals surface area contributed by atoms with Crippen molar-refractivity contribution in [3.8, 4) is 0 Å². The van der Waals surface area contributed by atoms with Crippen LogP contribution in [-0.2, 0) is 28.6 Å². The van der Waals surface area contributed by atoms with E-state index in [0.717, 1.165) is 50.9 Å². The van der Waals surface area contributed by atoms with Crippen LogP contribution in [0.5, 0.6) is 0 Å². The smallest absolute Gasteiger partial charge is 0.0918 e. The van der Waals surface area contributed by atoms with Gasteiger partial charge in [0.1, 0.15) is 0 Å². The van der Waals surface area contributed by atoms with Gasteiger partial charge in [-0.25, -0.2) is 8.93 Å². The third kappa shape index (κ3) is 4.21. The van der Waals surface area contributed by atoms with E-state index in [-0.39, 0.29) is 12.1 Å². The summed E-state index contributed by atoms with van der Waals surface area (Å²) in [6.07, 6.45) is 7.06. The van der Waals surface area contributed by atoms with Gasteiger partial charge >= 0.3 is 0 Å². The van der Waals surface area contributed by atoms with E-state index < -0.39 is 11.0 Å². The molecule has 2 N–H and O–H groups in total. The van der Waals surface area contributed by atoms with Crippen LogP contribution in [0.25, 0.3) is 0 Å². The molecule has 0 amide bonds. The monoisotopic (exact) mass is 340 g/mol. The average molecular weight is 340 g/mol. The number of aryl methyl sites for hydroxylation is 2. The first kappa shape index (κ1) is 17.1. The first-order valence-electron chi connectivity index (χ1n) is 8.66. The van der Waals surface area contributed by atoms with Gasteiger partial charge < -0.3 is 10.1 Å². The van der Waals surface area contributed by atoms with Crippen molar-refractivity contribution in [1.82, 2.24) is 19.8 Å². The maximum atomic E-state index is 11.7. The first-order chi connectivity index (χ1) is 11.2. The summed E-state index contributed by atoms with van der Waals surface area (Å²) in [6, 6.07) is 2.48. The zero-order valence-electron chi connectivity index (χ0n) is 14.1. The van der Waals surface area contributed by atoms with Crippen molar-refractivity contribution in [3.05, 3.63) is 17.5 Å². The standard InChI is InChI=1S/C16H28N4O2S/c1-3-12-10-13-4-5-15(19-23(2)21)16(20(13)18-12)11-22-14-6-8-17-9-7-14/h10,14-17,19H,3-9,11H2,1-2H3. The SMILES string of the molecule is CCc1cc2n(n1)C(COC1CCNCC1)C(NS(C)=O)CC2. The quantitative estimate of drug-likeness (QED) is 0.809. The first-order valence-corrected chi connectivity index (χ1v) is 10.2. The fourth-order valence-corrected chi connectivity index (χ4v) is 4.24. The molecule has 0 aliphatic carbocycles. The van der Waals surface area contributed by atoms with Crippen LogP contribution < -0.4 is 10.0 Å². The topological polar surface area (TPSA) is 68.2 Å². The van der Waals surface area contributed by atoms with Gasteiger partial charge in [-0.05, 0) is 51.3 Å². The maximum absolute atomic E-state index is 11.7. The second-order valence-corrected chi connectivity index (χ2v) is 7.64. The fraction of sp³-hybridized carbons (Fsp3) is 0.812. The van der Waals surface area contributed by atoms with E-state index in [0.29, 0.717) is 12.7 Å².